The van der Waals surface area contributed by atoms with Crippen LogP contribution in [0.5, 0.6) is 5.88 Å². The zero-order valence-corrected chi connectivity index (χ0v) is 10.0. The number of nitrogens with one attached hydrogen (secondary N) is 2. The number of hydrogen-bond acceptors (Lipinski definition) is 5. The Balaban J connectivity index is 2.34. The molecule has 0 fully saturated rings. The van der Waals surface area contributed by atoms with Gasteiger partial charge in [-0.15, -0.1) is 0 Å². The van der Waals surface area contributed by atoms with Gasteiger partial charge in [0.25, 0.3) is 0 Å². The average molecular weight is 222 g/mol. The quantitative estimate of drug-likeness (QED) is 0.817. The van der Waals surface area contributed by atoms with E-state index in [0.29, 0.717) is 5.88 Å². The van der Waals surface area contributed by atoms with Crippen LogP contribution < -0.4 is 15.4 Å². The van der Waals surface area contributed by atoms with Gasteiger partial charge in [0, 0.05) is 6.54 Å². The van der Waals surface area contributed by atoms with Crippen LogP contribution in [0.3, 0.4) is 0 Å². The average Bonchev–Trinajstić information content (AvgIpc) is 2.37. The number of rotatable bonds is 3. The molecule has 0 unspecified atom stereocenters. The Morgan fingerprint density at radius 3 is 2.75 bits per heavy atom. The van der Waals surface area contributed by atoms with Gasteiger partial charge < -0.3 is 15.4 Å². The normalized spacial score (nSPS) is 16.9. The summed E-state index contributed by atoms with van der Waals surface area (Å²) in [4.78, 5) is 8.33. The largest absolute Gasteiger partial charge is 0.479 e. The van der Waals surface area contributed by atoms with Crippen molar-refractivity contribution in [1.82, 2.24) is 9.97 Å². The van der Waals surface area contributed by atoms with Gasteiger partial charge in [-0.1, -0.05) is 13.8 Å². The lowest BCUT2D eigenvalue weighted by Crippen LogP contribution is -2.47. The fourth-order valence-corrected chi connectivity index (χ4v) is 2.01. The maximum atomic E-state index is 5.19. The Labute approximate surface area is 95.6 Å². The zero-order valence-electron chi connectivity index (χ0n) is 10.0. The maximum Gasteiger partial charge on any atom is 0.242 e. The van der Waals surface area contributed by atoms with Gasteiger partial charge in [-0.05, 0) is 12.8 Å². The van der Waals surface area contributed by atoms with Crippen molar-refractivity contribution in [2.24, 2.45) is 0 Å². The minimum atomic E-state index is 0.0896. The molecule has 0 saturated carbocycles. The van der Waals surface area contributed by atoms with Crippen molar-refractivity contribution >= 4 is 11.5 Å². The van der Waals surface area contributed by atoms with E-state index < -0.39 is 0 Å². The van der Waals surface area contributed by atoms with Gasteiger partial charge in [0.15, 0.2) is 5.82 Å². The summed E-state index contributed by atoms with van der Waals surface area (Å²) in [5.41, 5.74) is 0.953. The molecule has 0 saturated heterocycles. The summed E-state index contributed by atoms with van der Waals surface area (Å²) in [5, 5.41) is 6.85. The van der Waals surface area contributed by atoms with Crippen molar-refractivity contribution in [2.45, 2.75) is 32.2 Å². The van der Waals surface area contributed by atoms with Crippen LogP contribution in [0.15, 0.2) is 6.33 Å². The van der Waals surface area contributed by atoms with Gasteiger partial charge in [-0.25, -0.2) is 4.98 Å². The number of hydrogen-bond donors (Lipinski definition) is 2. The third-order valence-corrected chi connectivity index (χ3v) is 3.35. The van der Waals surface area contributed by atoms with Gasteiger partial charge in [0.1, 0.15) is 12.0 Å². The van der Waals surface area contributed by atoms with Crippen LogP contribution in [-0.4, -0.2) is 29.2 Å². The smallest absolute Gasteiger partial charge is 0.242 e. The van der Waals surface area contributed by atoms with Gasteiger partial charge in [-0.2, -0.15) is 4.98 Å². The van der Waals surface area contributed by atoms with Crippen molar-refractivity contribution in [3.8, 4) is 5.88 Å². The lowest BCUT2D eigenvalue weighted by Gasteiger charge is -2.38. The van der Waals surface area contributed by atoms with Crippen LogP contribution in [-0.2, 0) is 0 Å². The molecule has 2 N–H and O–H groups in total. The molecule has 0 aliphatic carbocycles. The van der Waals surface area contributed by atoms with Gasteiger partial charge >= 0.3 is 0 Å². The molecule has 2 rings (SSSR count). The second kappa shape index (κ2) is 4.15. The lowest BCUT2D eigenvalue weighted by atomic mass is 9.91. The SMILES string of the molecule is CCC1(CC)CNc2c(ncnc2OC)N1. The summed E-state index contributed by atoms with van der Waals surface area (Å²) < 4.78 is 5.19. The predicted molar refractivity (Wildman–Crippen MR) is 64.0 cm³/mol. The van der Waals surface area contributed by atoms with Crippen molar-refractivity contribution in [3.05, 3.63) is 6.33 Å². The van der Waals surface area contributed by atoms with E-state index in [1.807, 2.05) is 0 Å². The third kappa shape index (κ3) is 1.66. The molecule has 2 heterocycles. The van der Waals surface area contributed by atoms with Gasteiger partial charge in [0.05, 0.1) is 12.6 Å². The maximum absolute atomic E-state index is 5.19. The van der Waals surface area contributed by atoms with Crippen molar-refractivity contribution in [2.75, 3.05) is 24.3 Å². The molecular formula is C11H18N4O. The first-order valence-electron chi connectivity index (χ1n) is 5.65. The molecule has 0 aromatic carbocycles. The molecular weight excluding hydrogens is 204 g/mol. The van der Waals surface area contributed by atoms with E-state index in [1.165, 1.54) is 6.33 Å². The summed E-state index contributed by atoms with van der Waals surface area (Å²) in [7, 11) is 1.62. The minimum Gasteiger partial charge on any atom is -0.479 e. The van der Waals surface area contributed by atoms with Gasteiger partial charge in [-0.3, -0.25) is 0 Å². The number of nitrogens with zero attached hydrogens (tertiary/aromatic N) is 2. The predicted octanol–water partition coefficient (Wildman–Crippen LogP) is 1.88. The minimum absolute atomic E-state index is 0.0896. The molecule has 0 atom stereocenters. The molecule has 0 radical (unpaired) electrons. The molecule has 0 amide bonds. The van der Waals surface area contributed by atoms with Crippen LogP contribution in [0.1, 0.15) is 26.7 Å². The molecule has 1 aliphatic rings. The number of aromatic nitrogens is 2. The fraction of sp³-hybridized carbons (Fsp3) is 0.636. The van der Waals surface area contributed by atoms with Crippen LogP contribution in [0.25, 0.3) is 0 Å². The van der Waals surface area contributed by atoms with Crippen LogP contribution in [0.2, 0.25) is 0 Å². The topological polar surface area (TPSA) is 59.1 Å². The molecule has 5 nitrogen and oxygen atoms in total. The highest BCUT2D eigenvalue weighted by Gasteiger charge is 2.32. The van der Waals surface area contributed by atoms with E-state index in [4.69, 9.17) is 4.74 Å². The van der Waals surface area contributed by atoms with Crippen molar-refractivity contribution in [1.29, 1.82) is 0 Å². The second-order valence-electron chi connectivity index (χ2n) is 4.07. The second-order valence-corrected chi connectivity index (χ2v) is 4.07. The first kappa shape index (κ1) is 11.0. The molecule has 0 spiro atoms. The summed E-state index contributed by atoms with van der Waals surface area (Å²) in [6.45, 7) is 5.24. The molecule has 88 valence electrons. The number of anilines is 2. The summed E-state index contributed by atoms with van der Waals surface area (Å²) in [5.74, 6) is 1.43. The molecule has 0 bridgehead atoms. The molecule has 5 heteroatoms. The van der Waals surface area contributed by atoms with E-state index in [1.54, 1.807) is 7.11 Å². The summed E-state index contributed by atoms with van der Waals surface area (Å²) in [6.07, 6.45) is 3.64. The number of ether oxygens (including phenoxy) is 1. The zero-order chi connectivity index (χ0) is 11.6. The molecule has 16 heavy (non-hydrogen) atoms. The van der Waals surface area contributed by atoms with Gasteiger partial charge in [0.2, 0.25) is 5.88 Å². The Bertz CT molecular complexity index is 376. The Morgan fingerprint density at radius 2 is 2.12 bits per heavy atom. The van der Waals surface area contributed by atoms with E-state index in [9.17, 15) is 0 Å². The van der Waals surface area contributed by atoms with E-state index in [-0.39, 0.29) is 5.54 Å². The Kier molecular flexibility index (Phi) is 2.85. The number of methoxy groups -OCH3 is 1. The van der Waals surface area contributed by atoms with Crippen LogP contribution in [0, 0.1) is 0 Å². The highest BCUT2D eigenvalue weighted by atomic mass is 16.5. The summed E-state index contributed by atoms with van der Waals surface area (Å²) >= 11 is 0. The Hall–Kier alpha value is -1.52. The first-order valence-corrected chi connectivity index (χ1v) is 5.65. The van der Waals surface area contributed by atoms with Crippen molar-refractivity contribution in [3.63, 3.8) is 0 Å². The van der Waals surface area contributed by atoms with E-state index in [2.05, 4.69) is 34.4 Å². The fourth-order valence-electron chi connectivity index (χ4n) is 2.01. The first-order chi connectivity index (χ1) is 7.74. The van der Waals surface area contributed by atoms with E-state index >= 15 is 0 Å². The van der Waals surface area contributed by atoms with Crippen LogP contribution in [0.4, 0.5) is 11.5 Å². The molecule has 1 aliphatic heterocycles. The standard InChI is InChI=1S/C11H18N4O/c1-4-11(5-2)6-12-8-9(15-11)13-7-14-10(8)16-3/h7,12H,4-6H2,1-3H3,(H,13,14,15). The highest BCUT2D eigenvalue weighted by Crippen LogP contribution is 2.36. The molecule has 1 aromatic rings. The third-order valence-electron chi connectivity index (χ3n) is 3.35. The highest BCUT2D eigenvalue weighted by molar-refractivity contribution is 5.72. The monoisotopic (exact) mass is 222 g/mol. The molecule has 1 aromatic heterocycles. The number of fused-ring (bicyclic) bond motifs is 1. The summed E-state index contributed by atoms with van der Waals surface area (Å²) in [6, 6.07) is 0. The van der Waals surface area contributed by atoms with Crippen LogP contribution >= 0.6 is 0 Å². The lowest BCUT2D eigenvalue weighted by molar-refractivity contribution is 0.393. The van der Waals surface area contributed by atoms with Crippen molar-refractivity contribution < 1.29 is 4.74 Å². The van der Waals surface area contributed by atoms with E-state index in [0.717, 1.165) is 30.9 Å². The Morgan fingerprint density at radius 1 is 1.38 bits per heavy atom.